The van der Waals surface area contributed by atoms with Crippen molar-refractivity contribution < 1.29 is 27.1 Å². The van der Waals surface area contributed by atoms with E-state index in [0.29, 0.717) is 58.7 Å². The number of ether oxygens (including phenoxy) is 1. The zero-order chi connectivity index (χ0) is 22.4. The number of hydrogen-bond acceptors (Lipinski definition) is 5. The first-order valence-electron chi connectivity index (χ1n) is 10.7. The van der Waals surface area contributed by atoms with E-state index < -0.39 is 15.8 Å². The minimum absolute atomic E-state index is 0.0229. The minimum Gasteiger partial charge on any atom is -0.378 e. The van der Waals surface area contributed by atoms with E-state index in [0.717, 1.165) is 12.1 Å². The summed E-state index contributed by atoms with van der Waals surface area (Å²) in [6, 6.07) is 4.68. The van der Waals surface area contributed by atoms with E-state index in [1.165, 1.54) is 23.5 Å². The minimum atomic E-state index is -3.72. The molecule has 2 aliphatic heterocycles. The highest BCUT2D eigenvalue weighted by Crippen LogP contribution is 2.21. The van der Waals surface area contributed by atoms with Gasteiger partial charge < -0.3 is 14.5 Å². The molecular formula is C21H30FN3O5S. The van der Waals surface area contributed by atoms with Crippen LogP contribution in [-0.2, 0) is 24.3 Å². The second kappa shape index (κ2) is 10.5. The van der Waals surface area contributed by atoms with Crippen LogP contribution in [0, 0.1) is 11.7 Å². The number of hydrogen-bond donors (Lipinski definition) is 0. The van der Waals surface area contributed by atoms with Crippen molar-refractivity contribution in [2.75, 3.05) is 53.0 Å². The van der Waals surface area contributed by atoms with E-state index >= 15 is 0 Å². The number of carbonyl (C=O) groups is 2. The van der Waals surface area contributed by atoms with Gasteiger partial charge in [-0.25, -0.2) is 17.1 Å². The first-order valence-corrected chi connectivity index (χ1v) is 12.1. The molecule has 0 saturated carbocycles. The molecule has 0 bridgehead atoms. The molecule has 0 N–H and O–H groups in total. The molecule has 2 fully saturated rings. The molecule has 172 valence electrons. The van der Waals surface area contributed by atoms with Crippen molar-refractivity contribution in [3.8, 4) is 0 Å². The number of benzene rings is 1. The summed E-state index contributed by atoms with van der Waals surface area (Å²) in [5.74, 6) is -0.412. The molecule has 2 amide bonds. The van der Waals surface area contributed by atoms with Crippen molar-refractivity contribution in [2.45, 2.75) is 30.6 Å². The highest BCUT2D eigenvalue weighted by atomic mass is 32.2. The van der Waals surface area contributed by atoms with E-state index in [4.69, 9.17) is 4.74 Å². The average Bonchev–Trinajstić information content (AvgIpc) is 2.79. The molecule has 0 atom stereocenters. The Labute approximate surface area is 183 Å². The Bertz CT molecular complexity index is 864. The number of carbonyl (C=O) groups excluding carboxylic acids is 2. The Hall–Kier alpha value is -2.04. The van der Waals surface area contributed by atoms with Crippen molar-refractivity contribution in [2.24, 2.45) is 5.92 Å². The smallest absolute Gasteiger partial charge is 0.242 e. The van der Waals surface area contributed by atoms with E-state index in [9.17, 15) is 22.4 Å². The zero-order valence-corrected chi connectivity index (χ0v) is 18.7. The van der Waals surface area contributed by atoms with Crippen molar-refractivity contribution in [1.82, 2.24) is 14.1 Å². The molecule has 0 unspecified atom stereocenters. The predicted molar refractivity (Wildman–Crippen MR) is 112 cm³/mol. The van der Waals surface area contributed by atoms with Gasteiger partial charge in [0.2, 0.25) is 21.8 Å². The maximum absolute atomic E-state index is 13.0. The standard InChI is InChI=1S/C21H30FN3O5S/c1-23(31(28,29)19-6-4-18(22)5-7-19)10-2-3-20(26)24-11-8-17(9-12-24)21(27)25-13-15-30-16-14-25/h4-7,17H,2-3,8-16H2,1H3. The molecule has 2 saturated heterocycles. The van der Waals surface area contributed by atoms with Crippen LogP contribution in [0.15, 0.2) is 29.2 Å². The number of likely N-dealkylation sites (tertiary alicyclic amines) is 1. The lowest BCUT2D eigenvalue weighted by Gasteiger charge is -2.35. The van der Waals surface area contributed by atoms with Gasteiger partial charge in [-0.2, -0.15) is 0 Å². The Morgan fingerprint density at radius 3 is 2.29 bits per heavy atom. The number of amides is 2. The van der Waals surface area contributed by atoms with Crippen LogP contribution in [0.3, 0.4) is 0 Å². The van der Waals surface area contributed by atoms with Gasteiger partial charge in [-0.15, -0.1) is 0 Å². The highest BCUT2D eigenvalue weighted by molar-refractivity contribution is 7.89. The van der Waals surface area contributed by atoms with Crippen LogP contribution < -0.4 is 0 Å². The van der Waals surface area contributed by atoms with Gasteiger partial charge in [0.25, 0.3) is 0 Å². The second-order valence-corrected chi connectivity index (χ2v) is 10.0. The molecule has 2 aliphatic rings. The summed E-state index contributed by atoms with van der Waals surface area (Å²) in [6.07, 6.45) is 1.94. The maximum Gasteiger partial charge on any atom is 0.242 e. The van der Waals surface area contributed by atoms with Crippen LogP contribution in [0.5, 0.6) is 0 Å². The molecule has 0 aliphatic carbocycles. The predicted octanol–water partition coefficient (Wildman–Crippen LogP) is 1.32. The molecule has 0 aromatic heterocycles. The monoisotopic (exact) mass is 455 g/mol. The molecule has 8 nitrogen and oxygen atoms in total. The quantitative estimate of drug-likeness (QED) is 0.619. The highest BCUT2D eigenvalue weighted by Gasteiger charge is 2.31. The molecule has 2 heterocycles. The third-order valence-electron chi connectivity index (χ3n) is 5.91. The SMILES string of the molecule is CN(CCCC(=O)N1CCC(C(=O)N2CCOCC2)CC1)S(=O)(=O)c1ccc(F)cc1. The molecule has 3 rings (SSSR count). The molecule has 10 heteroatoms. The maximum atomic E-state index is 13.0. The number of piperidine rings is 1. The Balaban J connectivity index is 1.41. The first kappa shape index (κ1) is 23.6. The molecule has 31 heavy (non-hydrogen) atoms. The first-order chi connectivity index (χ1) is 14.8. The van der Waals surface area contributed by atoms with Crippen molar-refractivity contribution in [3.63, 3.8) is 0 Å². The topological polar surface area (TPSA) is 87.2 Å². The molecule has 1 aromatic carbocycles. The normalized spacial score (nSPS) is 18.4. The van der Waals surface area contributed by atoms with Crippen LogP contribution in [-0.4, -0.2) is 87.3 Å². The van der Waals surface area contributed by atoms with E-state index in [-0.39, 0.29) is 35.6 Å². The van der Waals surface area contributed by atoms with E-state index in [1.54, 1.807) is 4.90 Å². The van der Waals surface area contributed by atoms with Gasteiger partial charge in [0.15, 0.2) is 0 Å². The average molecular weight is 456 g/mol. The number of nitrogens with zero attached hydrogens (tertiary/aromatic N) is 3. The summed E-state index contributed by atoms with van der Waals surface area (Å²) in [5, 5.41) is 0. The summed E-state index contributed by atoms with van der Waals surface area (Å²) in [7, 11) is -2.27. The number of morpholine rings is 1. The summed E-state index contributed by atoms with van der Waals surface area (Å²) < 4.78 is 44.5. The molecular weight excluding hydrogens is 425 g/mol. The van der Waals surface area contributed by atoms with Gasteiger partial charge in [0, 0.05) is 52.1 Å². The Kier molecular flexibility index (Phi) is 8.01. The summed E-state index contributed by atoms with van der Waals surface area (Å²) in [6.45, 7) is 3.70. The zero-order valence-electron chi connectivity index (χ0n) is 17.8. The van der Waals surface area contributed by atoms with Crippen LogP contribution in [0.25, 0.3) is 0 Å². The van der Waals surface area contributed by atoms with Gasteiger partial charge in [-0.05, 0) is 43.5 Å². The number of sulfonamides is 1. The molecule has 1 aromatic rings. The van der Waals surface area contributed by atoms with E-state index in [1.807, 2.05) is 4.90 Å². The lowest BCUT2D eigenvalue weighted by Crippen LogP contribution is -2.47. The summed E-state index contributed by atoms with van der Waals surface area (Å²) in [5.41, 5.74) is 0. The van der Waals surface area contributed by atoms with Crippen LogP contribution in [0.4, 0.5) is 4.39 Å². The van der Waals surface area contributed by atoms with Gasteiger partial charge in [0.05, 0.1) is 18.1 Å². The lowest BCUT2D eigenvalue weighted by atomic mass is 9.95. The van der Waals surface area contributed by atoms with Gasteiger partial charge in [-0.3, -0.25) is 9.59 Å². The van der Waals surface area contributed by atoms with E-state index in [2.05, 4.69) is 0 Å². The van der Waals surface area contributed by atoms with Crippen molar-refractivity contribution in [3.05, 3.63) is 30.1 Å². The third kappa shape index (κ3) is 6.02. The Morgan fingerprint density at radius 2 is 1.68 bits per heavy atom. The number of rotatable bonds is 7. The van der Waals surface area contributed by atoms with Crippen LogP contribution in [0.1, 0.15) is 25.7 Å². The number of halogens is 1. The fourth-order valence-electron chi connectivity index (χ4n) is 3.94. The lowest BCUT2D eigenvalue weighted by molar-refractivity contribution is -0.143. The van der Waals surface area contributed by atoms with Crippen molar-refractivity contribution in [1.29, 1.82) is 0 Å². The fourth-order valence-corrected chi connectivity index (χ4v) is 5.14. The molecule has 0 spiro atoms. The third-order valence-corrected chi connectivity index (χ3v) is 7.78. The van der Waals surface area contributed by atoms with Gasteiger partial charge in [0.1, 0.15) is 5.82 Å². The largest absolute Gasteiger partial charge is 0.378 e. The van der Waals surface area contributed by atoms with Crippen LogP contribution in [0.2, 0.25) is 0 Å². The fraction of sp³-hybridized carbons (Fsp3) is 0.619. The van der Waals surface area contributed by atoms with Crippen molar-refractivity contribution >= 4 is 21.8 Å². The summed E-state index contributed by atoms with van der Waals surface area (Å²) in [4.78, 5) is 28.7. The Morgan fingerprint density at radius 1 is 1.06 bits per heavy atom. The van der Waals surface area contributed by atoms with Gasteiger partial charge >= 0.3 is 0 Å². The van der Waals surface area contributed by atoms with Gasteiger partial charge in [-0.1, -0.05) is 0 Å². The van der Waals surface area contributed by atoms with Crippen LogP contribution >= 0.6 is 0 Å². The second-order valence-electron chi connectivity index (χ2n) is 7.98. The summed E-state index contributed by atoms with van der Waals surface area (Å²) >= 11 is 0. The molecule has 0 radical (unpaired) electrons.